The number of allylic oxidation sites excluding steroid dienone is 4. The van der Waals surface area contributed by atoms with Gasteiger partial charge in [-0.05, 0) is 64.5 Å². The van der Waals surface area contributed by atoms with Gasteiger partial charge in [0.1, 0.15) is 19.8 Å². The van der Waals surface area contributed by atoms with E-state index in [0.29, 0.717) is 32.6 Å². The van der Waals surface area contributed by atoms with Crippen LogP contribution in [0.15, 0.2) is 24.3 Å². The van der Waals surface area contributed by atoms with E-state index in [0.717, 1.165) is 83.7 Å². The summed E-state index contributed by atoms with van der Waals surface area (Å²) in [5, 5.41) is 0. The largest absolute Gasteiger partial charge is 0.465 e. The number of hydrogen-bond acceptors (Lipinski definition) is 9. The van der Waals surface area contributed by atoms with Gasteiger partial charge in [-0.1, -0.05) is 155 Å². The van der Waals surface area contributed by atoms with Gasteiger partial charge in [0.15, 0.2) is 6.29 Å². The molecule has 0 radical (unpaired) electrons. The summed E-state index contributed by atoms with van der Waals surface area (Å²) in [6, 6.07) is 0. The number of nitrogens with zero attached hydrogens (tertiary/aromatic N) is 1. The number of rotatable bonds is 44. The van der Waals surface area contributed by atoms with E-state index in [1.165, 1.54) is 77.0 Å². The number of carbonyl (C=O) groups is 3. The number of unbranched alkanes of at least 4 members (excludes halogenated alkanes) is 18. The van der Waals surface area contributed by atoms with Gasteiger partial charge in [0.25, 0.3) is 0 Å². The SMILES string of the molecule is CCCCC/C=C\C/C=C\CCCCCCCC(=O)OCC(COC(=O)CCC(OCCCCCCCC)OCCCCCCCC)COC(=O)CCN(CC)CC. The first-order chi connectivity index (χ1) is 28.4. The Morgan fingerprint density at radius 2 is 0.879 bits per heavy atom. The lowest BCUT2D eigenvalue weighted by Gasteiger charge is -2.20. The molecule has 340 valence electrons. The van der Waals surface area contributed by atoms with Crippen molar-refractivity contribution < 1.29 is 38.1 Å². The van der Waals surface area contributed by atoms with Crippen LogP contribution in [0.1, 0.15) is 208 Å². The predicted octanol–water partition coefficient (Wildman–Crippen LogP) is 12.6. The summed E-state index contributed by atoms with van der Waals surface area (Å²) in [6.07, 6.45) is 36.3. The Hall–Kier alpha value is -2.23. The molecule has 9 nitrogen and oxygen atoms in total. The normalized spacial score (nSPS) is 12.3. The predicted molar refractivity (Wildman–Crippen MR) is 240 cm³/mol. The van der Waals surface area contributed by atoms with Crippen LogP contribution in [0, 0.1) is 5.92 Å². The molecule has 0 aliphatic heterocycles. The Labute approximate surface area is 357 Å². The number of carbonyl (C=O) groups excluding carboxylic acids is 3. The summed E-state index contributed by atoms with van der Waals surface area (Å²) in [4.78, 5) is 40.3. The van der Waals surface area contributed by atoms with Crippen LogP contribution >= 0.6 is 0 Å². The second-order valence-electron chi connectivity index (χ2n) is 15.9. The lowest BCUT2D eigenvalue weighted by molar-refractivity contribution is -0.162. The second kappa shape index (κ2) is 44.3. The molecule has 0 amide bonds. The molecule has 58 heavy (non-hydrogen) atoms. The van der Waals surface area contributed by atoms with Gasteiger partial charge in [0, 0.05) is 32.6 Å². The smallest absolute Gasteiger partial charge is 0.307 e. The molecule has 0 spiro atoms. The lowest BCUT2D eigenvalue weighted by Crippen LogP contribution is -2.29. The fourth-order valence-corrected chi connectivity index (χ4v) is 6.51. The second-order valence-corrected chi connectivity index (χ2v) is 15.9. The summed E-state index contributed by atoms with van der Waals surface area (Å²) in [7, 11) is 0. The van der Waals surface area contributed by atoms with Crippen molar-refractivity contribution in [3.8, 4) is 0 Å². The van der Waals surface area contributed by atoms with E-state index < -0.39 is 12.2 Å². The third-order valence-electron chi connectivity index (χ3n) is 10.5. The molecule has 0 bridgehead atoms. The lowest BCUT2D eigenvalue weighted by atomic mass is 10.1. The quantitative estimate of drug-likeness (QED) is 0.0195. The highest BCUT2D eigenvalue weighted by Crippen LogP contribution is 2.14. The first-order valence-corrected chi connectivity index (χ1v) is 24.1. The van der Waals surface area contributed by atoms with E-state index >= 15 is 0 Å². The fourth-order valence-electron chi connectivity index (χ4n) is 6.51. The first kappa shape index (κ1) is 55.8. The van der Waals surface area contributed by atoms with Gasteiger partial charge in [-0.3, -0.25) is 14.4 Å². The summed E-state index contributed by atoms with van der Waals surface area (Å²) in [5.41, 5.74) is 0. The zero-order valence-electron chi connectivity index (χ0n) is 38.4. The molecule has 1 atom stereocenters. The molecule has 0 aliphatic carbocycles. The average Bonchev–Trinajstić information content (AvgIpc) is 3.23. The molecular formula is C49H91NO8. The van der Waals surface area contributed by atoms with E-state index in [1.807, 2.05) is 0 Å². The summed E-state index contributed by atoms with van der Waals surface area (Å²) in [6.45, 7) is 14.4. The van der Waals surface area contributed by atoms with Crippen molar-refractivity contribution in [1.29, 1.82) is 0 Å². The Morgan fingerprint density at radius 1 is 0.466 bits per heavy atom. The van der Waals surface area contributed by atoms with E-state index in [2.05, 4.69) is 63.8 Å². The van der Waals surface area contributed by atoms with E-state index in [9.17, 15) is 14.4 Å². The maximum atomic E-state index is 12.9. The topological polar surface area (TPSA) is 101 Å². The van der Waals surface area contributed by atoms with Gasteiger partial charge in [-0.2, -0.15) is 0 Å². The minimum atomic E-state index is -0.448. The molecule has 1 unspecified atom stereocenters. The molecule has 0 aromatic heterocycles. The molecule has 0 saturated carbocycles. The van der Waals surface area contributed by atoms with E-state index in [1.54, 1.807) is 0 Å². The molecule has 0 fully saturated rings. The zero-order valence-corrected chi connectivity index (χ0v) is 38.4. The van der Waals surface area contributed by atoms with Crippen molar-refractivity contribution in [2.45, 2.75) is 214 Å². The fraction of sp³-hybridized carbons (Fsp3) is 0.857. The maximum Gasteiger partial charge on any atom is 0.307 e. The maximum absolute atomic E-state index is 12.9. The van der Waals surface area contributed by atoms with E-state index in [-0.39, 0.29) is 50.6 Å². The van der Waals surface area contributed by atoms with Crippen LogP contribution in [-0.4, -0.2) is 81.8 Å². The molecule has 0 saturated heterocycles. The number of esters is 3. The van der Waals surface area contributed by atoms with Gasteiger partial charge in [0.05, 0.1) is 18.8 Å². The number of hydrogen-bond donors (Lipinski definition) is 0. The Morgan fingerprint density at radius 3 is 1.40 bits per heavy atom. The van der Waals surface area contributed by atoms with Crippen molar-refractivity contribution in [3.63, 3.8) is 0 Å². The monoisotopic (exact) mass is 822 g/mol. The van der Waals surface area contributed by atoms with Gasteiger partial charge in [0.2, 0.25) is 0 Å². The minimum Gasteiger partial charge on any atom is -0.465 e. The molecule has 0 aliphatic rings. The van der Waals surface area contributed by atoms with Gasteiger partial charge in [-0.25, -0.2) is 0 Å². The Kier molecular flexibility index (Phi) is 42.6. The van der Waals surface area contributed by atoms with Crippen LogP contribution in [0.25, 0.3) is 0 Å². The van der Waals surface area contributed by atoms with Gasteiger partial charge in [-0.15, -0.1) is 0 Å². The first-order valence-electron chi connectivity index (χ1n) is 24.1. The van der Waals surface area contributed by atoms with Gasteiger partial charge >= 0.3 is 17.9 Å². The summed E-state index contributed by atoms with van der Waals surface area (Å²) >= 11 is 0. The van der Waals surface area contributed by atoms with Crippen molar-refractivity contribution >= 4 is 17.9 Å². The highest BCUT2D eigenvalue weighted by atomic mass is 16.7. The van der Waals surface area contributed by atoms with Crippen molar-refractivity contribution in [2.75, 3.05) is 52.7 Å². The van der Waals surface area contributed by atoms with Crippen LogP contribution in [0.2, 0.25) is 0 Å². The highest BCUT2D eigenvalue weighted by molar-refractivity contribution is 5.70. The minimum absolute atomic E-state index is 0.00102. The third kappa shape index (κ3) is 39.2. The molecule has 9 heteroatoms. The molecule has 0 rings (SSSR count). The van der Waals surface area contributed by atoms with Crippen LogP contribution in [0.3, 0.4) is 0 Å². The molecule has 0 aromatic carbocycles. The molecule has 0 aromatic rings. The van der Waals surface area contributed by atoms with Crippen LogP contribution < -0.4 is 0 Å². The molecule has 0 N–H and O–H groups in total. The van der Waals surface area contributed by atoms with Gasteiger partial charge < -0.3 is 28.6 Å². The summed E-state index contributed by atoms with van der Waals surface area (Å²) in [5.74, 6) is -1.40. The van der Waals surface area contributed by atoms with Crippen LogP contribution in [-0.2, 0) is 38.1 Å². The highest BCUT2D eigenvalue weighted by Gasteiger charge is 2.19. The van der Waals surface area contributed by atoms with Crippen molar-refractivity contribution in [2.24, 2.45) is 5.92 Å². The zero-order chi connectivity index (χ0) is 42.6. The van der Waals surface area contributed by atoms with E-state index in [4.69, 9.17) is 23.7 Å². The third-order valence-corrected chi connectivity index (χ3v) is 10.5. The Bertz CT molecular complexity index is 964. The summed E-state index contributed by atoms with van der Waals surface area (Å²) < 4.78 is 29.0. The molecule has 0 heterocycles. The Balaban J connectivity index is 4.79. The molecular weight excluding hydrogens is 731 g/mol. The average molecular weight is 822 g/mol. The van der Waals surface area contributed by atoms with Crippen molar-refractivity contribution in [1.82, 2.24) is 4.90 Å². The number of ether oxygens (including phenoxy) is 5. The van der Waals surface area contributed by atoms with Crippen molar-refractivity contribution in [3.05, 3.63) is 24.3 Å². The van der Waals surface area contributed by atoms with Crippen LogP contribution in [0.4, 0.5) is 0 Å². The standard InChI is InChI=1S/C49H91NO8/c1-6-11-14-17-20-21-22-23-24-25-26-27-28-29-32-35-46(51)56-42-45(44-58-48(53)38-39-50(9-4)10-5)43-57-47(52)36-37-49(54-40-33-30-18-15-12-7-2)55-41-34-31-19-16-13-8-3/h20-21,23-24,45,49H,6-19,22,25-44H2,1-5H3/b21-20-,24-23-. The van der Waals surface area contributed by atoms with Crippen LogP contribution in [0.5, 0.6) is 0 Å².